The quantitative estimate of drug-likeness (QED) is 0.706. The molecule has 2 aliphatic heterocycles. The topological polar surface area (TPSA) is 41.9 Å². The Morgan fingerprint density at radius 2 is 1.86 bits per heavy atom. The molecule has 0 spiro atoms. The van der Waals surface area contributed by atoms with E-state index in [0.717, 1.165) is 48.9 Å². The van der Waals surface area contributed by atoms with Gasteiger partial charge in [0, 0.05) is 29.7 Å². The molecule has 0 bridgehead atoms. The highest BCUT2D eigenvalue weighted by atomic mass is 32.1. The molecule has 0 amide bonds. The minimum atomic E-state index is -0.451. The molecule has 2 atom stereocenters. The number of rotatable bonds is 2. The van der Waals surface area contributed by atoms with Gasteiger partial charge in [0.2, 0.25) is 0 Å². The summed E-state index contributed by atoms with van der Waals surface area (Å²) in [5.74, 6) is 0.590. The zero-order valence-corrected chi connectivity index (χ0v) is 15.9. The lowest BCUT2D eigenvalue weighted by molar-refractivity contribution is 0.331. The maximum Gasteiger partial charge on any atom is 0.179 e. The number of hydrogen-bond acceptors (Lipinski definition) is 5. The predicted octanol–water partition coefficient (Wildman–Crippen LogP) is 5.13. The monoisotopic (exact) mass is 396 g/mol. The molecular weight excluding hydrogens is 378 g/mol. The van der Waals surface area contributed by atoms with E-state index in [1.807, 2.05) is 16.4 Å². The highest BCUT2D eigenvalue weighted by molar-refractivity contribution is 7.10. The van der Waals surface area contributed by atoms with Crippen molar-refractivity contribution in [3.63, 3.8) is 0 Å². The van der Waals surface area contributed by atoms with Gasteiger partial charge in [-0.3, -0.25) is 0 Å². The number of thiazole rings is 1. The van der Waals surface area contributed by atoms with Gasteiger partial charge in [-0.05, 0) is 43.4 Å². The van der Waals surface area contributed by atoms with Crippen LogP contribution in [0.1, 0.15) is 30.2 Å². The minimum absolute atomic E-state index is 0.201. The Labute approximate surface area is 165 Å². The summed E-state index contributed by atoms with van der Waals surface area (Å²) >= 11 is 1.61. The summed E-state index contributed by atoms with van der Waals surface area (Å²) in [5, 5.41) is 3.01. The Balaban J connectivity index is 1.35. The van der Waals surface area contributed by atoms with Gasteiger partial charge in [-0.15, -0.1) is 11.3 Å². The van der Waals surface area contributed by atoms with Crippen LogP contribution in [-0.4, -0.2) is 26.4 Å². The smallest absolute Gasteiger partial charge is 0.179 e. The Bertz CT molecular complexity index is 1020. The second-order valence-electron chi connectivity index (χ2n) is 7.30. The van der Waals surface area contributed by atoms with Crippen LogP contribution in [0.3, 0.4) is 0 Å². The van der Waals surface area contributed by atoms with Gasteiger partial charge < -0.3 is 4.90 Å². The molecule has 7 heteroatoms. The molecule has 2 aromatic rings. The molecule has 0 saturated heterocycles. The summed E-state index contributed by atoms with van der Waals surface area (Å²) in [7, 11) is 0. The van der Waals surface area contributed by atoms with E-state index in [1.54, 1.807) is 17.5 Å². The Morgan fingerprint density at radius 3 is 2.71 bits per heavy atom. The van der Waals surface area contributed by atoms with Crippen LogP contribution in [0.25, 0.3) is 11.5 Å². The number of aromatic nitrogens is 3. The molecule has 2 aromatic heterocycles. The fourth-order valence-corrected chi connectivity index (χ4v) is 4.99. The first kappa shape index (κ1) is 17.4. The predicted molar refractivity (Wildman–Crippen MR) is 104 cm³/mol. The maximum absolute atomic E-state index is 13.6. The lowest BCUT2D eigenvalue weighted by Crippen LogP contribution is -2.28. The van der Waals surface area contributed by atoms with Crippen LogP contribution in [0.2, 0.25) is 0 Å². The zero-order valence-electron chi connectivity index (χ0n) is 15.1. The van der Waals surface area contributed by atoms with E-state index >= 15 is 0 Å². The van der Waals surface area contributed by atoms with Crippen molar-refractivity contribution in [2.45, 2.75) is 25.2 Å². The second kappa shape index (κ2) is 7.05. The second-order valence-corrected chi connectivity index (χ2v) is 8.19. The normalized spacial score (nSPS) is 23.9. The average molecular weight is 396 g/mol. The molecule has 1 saturated carbocycles. The fourth-order valence-electron chi connectivity index (χ4n) is 4.05. The maximum atomic E-state index is 13.6. The Morgan fingerprint density at radius 1 is 1.04 bits per heavy atom. The van der Waals surface area contributed by atoms with E-state index in [0.29, 0.717) is 23.4 Å². The number of nitrogens with zero attached hydrogens (tertiary/aromatic N) is 4. The van der Waals surface area contributed by atoms with Crippen LogP contribution in [0, 0.1) is 11.7 Å². The summed E-state index contributed by atoms with van der Waals surface area (Å²) < 4.78 is 26.6. The third-order valence-electron chi connectivity index (χ3n) is 5.50. The van der Waals surface area contributed by atoms with Crippen molar-refractivity contribution in [3.8, 4) is 11.5 Å². The van der Waals surface area contributed by atoms with Gasteiger partial charge in [-0.25, -0.2) is 23.7 Å². The van der Waals surface area contributed by atoms with Crippen molar-refractivity contribution in [1.82, 2.24) is 19.9 Å². The number of fused-ring (bicyclic) bond motifs is 2. The lowest BCUT2D eigenvalue weighted by atomic mass is 9.78. The summed E-state index contributed by atoms with van der Waals surface area (Å²) in [6.07, 6.45) is 14.6. The molecule has 4 nitrogen and oxygen atoms in total. The third kappa shape index (κ3) is 3.30. The van der Waals surface area contributed by atoms with Crippen molar-refractivity contribution >= 4 is 11.3 Å². The molecule has 3 aliphatic rings. The molecule has 0 radical (unpaired) electrons. The standard InChI is InChI=1S/C21H18F2N4S/c22-16-4-6-18-5-3-13-7-14(1-2-15(13)10-27(18)11-16)21-26-19(12-28-21)20-24-8-17(23)9-25-20/h3-6,8-9,11-12,14-15H,1-2,7,10H2/t14-,15-/m1/s1. The number of halogens is 2. The van der Waals surface area contributed by atoms with Crippen molar-refractivity contribution in [2.75, 3.05) is 6.54 Å². The molecule has 4 heterocycles. The summed E-state index contributed by atoms with van der Waals surface area (Å²) in [6.45, 7) is 0.814. The van der Waals surface area contributed by atoms with Gasteiger partial charge >= 0.3 is 0 Å². The highest BCUT2D eigenvalue weighted by Gasteiger charge is 2.31. The molecule has 0 N–H and O–H groups in total. The molecule has 0 aromatic carbocycles. The Kier molecular flexibility index (Phi) is 4.39. The molecule has 142 valence electrons. The SMILES string of the molecule is FC1=CN2C[C@H]3CC[C@@H](c4nc(-c5ncc(F)cn5)cs4)CC3=CC=C2C=C1. The third-order valence-corrected chi connectivity index (χ3v) is 6.51. The average Bonchev–Trinajstić information content (AvgIpc) is 3.12. The molecule has 0 unspecified atom stereocenters. The zero-order chi connectivity index (χ0) is 19.1. The fraction of sp³-hybridized carbons (Fsp3) is 0.286. The largest absolute Gasteiger partial charge is 0.344 e. The molecular formula is C21H18F2N4S. The van der Waals surface area contributed by atoms with Crippen molar-refractivity contribution in [2.24, 2.45) is 5.92 Å². The van der Waals surface area contributed by atoms with Gasteiger partial charge in [0.15, 0.2) is 11.6 Å². The van der Waals surface area contributed by atoms with Gasteiger partial charge in [0.25, 0.3) is 0 Å². The molecule has 28 heavy (non-hydrogen) atoms. The van der Waals surface area contributed by atoms with Crippen LogP contribution in [-0.2, 0) is 0 Å². The van der Waals surface area contributed by atoms with Crippen LogP contribution >= 0.6 is 11.3 Å². The van der Waals surface area contributed by atoms with Gasteiger partial charge in [0.05, 0.1) is 17.4 Å². The van der Waals surface area contributed by atoms with Crippen molar-refractivity contribution in [1.29, 1.82) is 0 Å². The van der Waals surface area contributed by atoms with Gasteiger partial charge in [-0.2, -0.15) is 0 Å². The van der Waals surface area contributed by atoms with E-state index in [9.17, 15) is 8.78 Å². The van der Waals surface area contributed by atoms with Crippen LogP contribution < -0.4 is 0 Å². The van der Waals surface area contributed by atoms with E-state index < -0.39 is 5.82 Å². The van der Waals surface area contributed by atoms with E-state index in [-0.39, 0.29) is 5.83 Å². The highest BCUT2D eigenvalue weighted by Crippen LogP contribution is 2.42. The van der Waals surface area contributed by atoms with Gasteiger partial charge in [0.1, 0.15) is 11.5 Å². The van der Waals surface area contributed by atoms with Crippen LogP contribution in [0.5, 0.6) is 0 Å². The molecule has 1 fully saturated rings. The lowest BCUT2D eigenvalue weighted by Gasteiger charge is -2.33. The number of allylic oxidation sites excluding steroid dienone is 5. The van der Waals surface area contributed by atoms with Crippen molar-refractivity contribution < 1.29 is 8.78 Å². The summed E-state index contributed by atoms with van der Waals surface area (Å²) in [4.78, 5) is 14.8. The minimum Gasteiger partial charge on any atom is -0.344 e. The van der Waals surface area contributed by atoms with E-state index in [2.05, 4.69) is 22.1 Å². The van der Waals surface area contributed by atoms with E-state index in [1.165, 1.54) is 11.6 Å². The summed E-state index contributed by atoms with van der Waals surface area (Å²) in [5.41, 5.74) is 3.13. The van der Waals surface area contributed by atoms with Crippen LogP contribution in [0.4, 0.5) is 8.78 Å². The number of hydrogen-bond donors (Lipinski definition) is 0. The van der Waals surface area contributed by atoms with E-state index in [4.69, 9.17) is 4.98 Å². The first-order chi connectivity index (χ1) is 13.7. The Hall–Kier alpha value is -2.67. The van der Waals surface area contributed by atoms with Gasteiger partial charge in [-0.1, -0.05) is 11.6 Å². The first-order valence-electron chi connectivity index (χ1n) is 9.32. The molecule has 1 aliphatic carbocycles. The van der Waals surface area contributed by atoms with Crippen LogP contribution in [0.15, 0.2) is 65.4 Å². The first-order valence-corrected chi connectivity index (χ1v) is 10.2. The van der Waals surface area contributed by atoms with Crippen molar-refractivity contribution in [3.05, 3.63) is 76.2 Å². The summed E-state index contributed by atoms with van der Waals surface area (Å²) in [6, 6.07) is 0. The molecule has 5 rings (SSSR count).